The van der Waals surface area contributed by atoms with Crippen LogP contribution in [0, 0.1) is 0 Å². The number of hydrogen-bond donors (Lipinski definition) is 1. The Kier molecular flexibility index (Phi) is 3.90. The number of allylic oxidation sites excluding steroid dienone is 1. The van der Waals surface area contributed by atoms with Crippen LogP contribution in [0.15, 0.2) is 12.2 Å². The fourth-order valence-corrected chi connectivity index (χ4v) is 2.31. The third-order valence-corrected chi connectivity index (χ3v) is 2.88. The van der Waals surface area contributed by atoms with Gasteiger partial charge in [0.1, 0.15) is 0 Å². The molecule has 1 atom stereocenters. The highest BCUT2D eigenvalue weighted by Crippen LogP contribution is 2.11. The van der Waals surface area contributed by atoms with Crippen LogP contribution in [0.25, 0.3) is 0 Å². The zero-order chi connectivity index (χ0) is 8.20. The molecule has 0 aliphatic carbocycles. The fraction of sp³-hybridized carbons (Fsp3) is 0.750. The van der Waals surface area contributed by atoms with Crippen molar-refractivity contribution in [3.8, 4) is 0 Å². The van der Waals surface area contributed by atoms with Gasteiger partial charge in [-0.15, -0.1) is 0 Å². The zero-order valence-electron chi connectivity index (χ0n) is 7.39. The lowest BCUT2D eigenvalue weighted by Gasteiger charge is -2.17. The first kappa shape index (κ1) is 9.92. The van der Waals surface area contributed by atoms with Gasteiger partial charge in [-0.1, -0.05) is 31.8 Å². The van der Waals surface area contributed by atoms with Gasteiger partial charge in [-0.05, 0) is 13.0 Å². The smallest absolute Gasteiger partial charge is 0.0697 e. The van der Waals surface area contributed by atoms with Crippen LogP contribution in [0.5, 0.6) is 0 Å². The molecule has 10 heavy (non-hydrogen) atoms. The van der Waals surface area contributed by atoms with Gasteiger partial charge in [0.2, 0.25) is 0 Å². The Hall–Kier alpha value is -0.0831. The molecule has 60 valence electrons. The van der Waals surface area contributed by atoms with Crippen LogP contribution in [0.4, 0.5) is 0 Å². The van der Waals surface area contributed by atoms with Crippen LogP contribution < -0.4 is 0 Å². The summed E-state index contributed by atoms with van der Waals surface area (Å²) in [5.74, 6) is 0. The van der Waals surface area contributed by atoms with Crippen molar-refractivity contribution in [3.05, 3.63) is 12.2 Å². The molecule has 0 bridgehead atoms. The normalized spacial score (nSPS) is 16.1. The van der Waals surface area contributed by atoms with Crippen LogP contribution in [-0.2, 0) is 0 Å². The van der Waals surface area contributed by atoms with Gasteiger partial charge in [0.25, 0.3) is 0 Å². The van der Waals surface area contributed by atoms with Crippen molar-refractivity contribution < 1.29 is 5.11 Å². The molecule has 0 saturated carbocycles. The van der Waals surface area contributed by atoms with Gasteiger partial charge in [0, 0.05) is 8.07 Å². The van der Waals surface area contributed by atoms with E-state index >= 15 is 0 Å². The number of aliphatic hydroxyl groups excluding tert-OH is 1. The zero-order valence-corrected chi connectivity index (χ0v) is 8.39. The van der Waals surface area contributed by atoms with Gasteiger partial charge >= 0.3 is 0 Å². The summed E-state index contributed by atoms with van der Waals surface area (Å²) in [4.78, 5) is 0. The Balaban J connectivity index is 3.68. The third-order valence-electron chi connectivity index (χ3n) is 1.24. The van der Waals surface area contributed by atoms with E-state index in [2.05, 4.69) is 19.6 Å². The van der Waals surface area contributed by atoms with Crippen molar-refractivity contribution in [2.75, 3.05) is 0 Å². The summed E-state index contributed by atoms with van der Waals surface area (Å²) in [6.07, 6.45) is 3.56. The molecule has 0 radical (unpaired) electrons. The minimum absolute atomic E-state index is 0.211. The van der Waals surface area contributed by atoms with Crippen molar-refractivity contribution in [1.82, 2.24) is 0 Å². The van der Waals surface area contributed by atoms with E-state index in [9.17, 15) is 5.11 Å². The van der Waals surface area contributed by atoms with E-state index in [0.29, 0.717) is 0 Å². The van der Waals surface area contributed by atoms with Crippen molar-refractivity contribution in [3.63, 3.8) is 0 Å². The summed E-state index contributed by atoms with van der Waals surface area (Å²) >= 11 is 0. The first-order chi connectivity index (χ1) is 4.45. The van der Waals surface area contributed by atoms with Gasteiger partial charge in [0.05, 0.1) is 6.10 Å². The predicted molar refractivity (Wildman–Crippen MR) is 49.0 cm³/mol. The van der Waals surface area contributed by atoms with E-state index in [1.54, 1.807) is 0 Å². The summed E-state index contributed by atoms with van der Waals surface area (Å²) in [5, 5.41) is 9.33. The summed E-state index contributed by atoms with van der Waals surface area (Å²) in [6, 6.07) is 0.970. The molecule has 0 fully saturated rings. The fourth-order valence-electron chi connectivity index (χ4n) is 0.918. The second kappa shape index (κ2) is 3.94. The van der Waals surface area contributed by atoms with Gasteiger partial charge < -0.3 is 5.11 Å². The highest BCUT2D eigenvalue weighted by atomic mass is 28.3. The largest absolute Gasteiger partial charge is 0.389 e. The van der Waals surface area contributed by atoms with Crippen LogP contribution in [0.1, 0.15) is 6.92 Å². The van der Waals surface area contributed by atoms with Gasteiger partial charge in [-0.3, -0.25) is 0 Å². The van der Waals surface area contributed by atoms with E-state index in [1.165, 1.54) is 0 Å². The van der Waals surface area contributed by atoms with Crippen LogP contribution in [0.3, 0.4) is 0 Å². The molecule has 0 spiro atoms. The summed E-state index contributed by atoms with van der Waals surface area (Å²) in [6.45, 7) is 8.73. The molecule has 0 aromatic heterocycles. The molecule has 0 aliphatic rings. The summed E-state index contributed by atoms with van der Waals surface area (Å²) < 4.78 is 0. The number of rotatable bonds is 3. The average molecular weight is 158 g/mol. The lowest BCUT2D eigenvalue weighted by molar-refractivity contribution is 0.242. The quantitative estimate of drug-likeness (QED) is 0.493. The van der Waals surface area contributed by atoms with E-state index in [1.807, 2.05) is 19.1 Å². The van der Waals surface area contributed by atoms with Crippen molar-refractivity contribution in [1.29, 1.82) is 0 Å². The molecule has 0 rings (SSSR count). The maximum Gasteiger partial charge on any atom is 0.0697 e. The molecule has 0 amide bonds. The Morgan fingerprint density at radius 3 is 2.20 bits per heavy atom. The first-order valence-electron chi connectivity index (χ1n) is 3.76. The number of hydrogen-bond acceptors (Lipinski definition) is 1. The number of aliphatic hydroxyl groups is 1. The standard InChI is InChI=1S/C8H18OSi/c1-5-6-8(9)7-10(2,3)4/h5-6,8-9H,7H2,1-4H3/b6-5-/t8-/m1/s1. The second-order valence-electron chi connectivity index (χ2n) is 3.86. The van der Waals surface area contributed by atoms with Crippen molar-refractivity contribution in [2.24, 2.45) is 0 Å². The molecule has 0 aliphatic heterocycles. The molecule has 0 unspecified atom stereocenters. The molecule has 0 saturated heterocycles. The molecule has 0 aromatic rings. The average Bonchev–Trinajstić information content (AvgIpc) is 1.59. The molecule has 1 N–H and O–H groups in total. The molecule has 2 heteroatoms. The SMILES string of the molecule is C/C=C\[C@@H](O)C[Si](C)(C)C. The molecular formula is C8H18OSi. The minimum Gasteiger partial charge on any atom is -0.389 e. The van der Waals surface area contributed by atoms with Crippen LogP contribution >= 0.6 is 0 Å². The molecule has 0 aromatic carbocycles. The summed E-state index contributed by atoms with van der Waals surface area (Å²) in [7, 11) is -1.06. The van der Waals surface area contributed by atoms with E-state index < -0.39 is 8.07 Å². The van der Waals surface area contributed by atoms with Gasteiger partial charge in [-0.25, -0.2) is 0 Å². The Morgan fingerprint density at radius 1 is 1.40 bits per heavy atom. The third kappa shape index (κ3) is 6.04. The molecule has 0 heterocycles. The Labute approximate surface area is 64.8 Å². The maximum atomic E-state index is 9.33. The summed E-state index contributed by atoms with van der Waals surface area (Å²) in [5.41, 5.74) is 0. The lowest BCUT2D eigenvalue weighted by atomic mass is 10.4. The van der Waals surface area contributed by atoms with Gasteiger partial charge in [0.15, 0.2) is 0 Å². The lowest BCUT2D eigenvalue weighted by Crippen LogP contribution is -2.25. The van der Waals surface area contributed by atoms with Crippen molar-refractivity contribution >= 4 is 8.07 Å². The monoisotopic (exact) mass is 158 g/mol. The van der Waals surface area contributed by atoms with Crippen LogP contribution in [0.2, 0.25) is 25.7 Å². The van der Waals surface area contributed by atoms with Crippen LogP contribution in [-0.4, -0.2) is 19.3 Å². The van der Waals surface area contributed by atoms with E-state index in [0.717, 1.165) is 6.04 Å². The predicted octanol–water partition coefficient (Wildman–Crippen LogP) is 2.26. The first-order valence-corrected chi connectivity index (χ1v) is 7.47. The van der Waals surface area contributed by atoms with E-state index in [4.69, 9.17) is 0 Å². The maximum absolute atomic E-state index is 9.33. The second-order valence-corrected chi connectivity index (χ2v) is 9.39. The topological polar surface area (TPSA) is 20.2 Å². The van der Waals surface area contributed by atoms with Crippen molar-refractivity contribution in [2.45, 2.75) is 38.7 Å². The molecular weight excluding hydrogens is 140 g/mol. The van der Waals surface area contributed by atoms with E-state index in [-0.39, 0.29) is 6.10 Å². The molecule has 1 nitrogen and oxygen atoms in total. The Bertz CT molecular complexity index is 113. The highest BCUT2D eigenvalue weighted by molar-refractivity contribution is 6.76. The highest BCUT2D eigenvalue weighted by Gasteiger charge is 2.16. The minimum atomic E-state index is -1.06. The van der Waals surface area contributed by atoms with Gasteiger partial charge in [-0.2, -0.15) is 0 Å². The Morgan fingerprint density at radius 2 is 1.90 bits per heavy atom.